The van der Waals surface area contributed by atoms with Crippen LogP contribution in [0.5, 0.6) is 11.5 Å². The molecule has 5 rings (SSSR count). The lowest BCUT2D eigenvalue weighted by molar-refractivity contribution is -0.123. The third-order valence-corrected chi connectivity index (χ3v) is 6.75. The van der Waals surface area contributed by atoms with Gasteiger partial charge in [-0.15, -0.1) is 0 Å². The van der Waals surface area contributed by atoms with E-state index in [2.05, 4.69) is 15.3 Å². The maximum atomic E-state index is 14.8. The van der Waals surface area contributed by atoms with Gasteiger partial charge in [0, 0.05) is 17.8 Å². The van der Waals surface area contributed by atoms with E-state index in [0.717, 1.165) is 18.3 Å². The lowest BCUT2D eigenvalue weighted by atomic mass is 10.1. The van der Waals surface area contributed by atoms with Crippen molar-refractivity contribution in [2.45, 2.75) is 19.3 Å². The molecule has 1 aliphatic heterocycles. The first-order chi connectivity index (χ1) is 21.0. The van der Waals surface area contributed by atoms with E-state index in [0.29, 0.717) is 17.1 Å². The van der Waals surface area contributed by atoms with Crippen LogP contribution >= 0.6 is 0 Å². The topological polar surface area (TPSA) is 106 Å². The zero-order valence-electron chi connectivity index (χ0n) is 23.3. The number of aromatic nitrogens is 2. The highest BCUT2D eigenvalue weighted by molar-refractivity contribution is 6.04. The van der Waals surface area contributed by atoms with Gasteiger partial charge in [-0.25, -0.2) is 18.7 Å². The summed E-state index contributed by atoms with van der Waals surface area (Å²) >= 11 is 0. The molecular formula is C30H24F5N5O4. The Morgan fingerprint density at radius 1 is 1.00 bits per heavy atom. The number of fused-ring (bicyclic) bond motifs is 1. The Hall–Kier alpha value is -5.27. The number of pyridine rings is 2. The van der Waals surface area contributed by atoms with E-state index in [1.807, 2.05) is 0 Å². The van der Waals surface area contributed by atoms with Crippen LogP contribution in [0.25, 0.3) is 11.3 Å². The number of methoxy groups -OCH3 is 2. The molecule has 2 N–H and O–H groups in total. The molecule has 0 atom stereocenters. The van der Waals surface area contributed by atoms with Crippen LogP contribution in [0.1, 0.15) is 32.0 Å². The quantitative estimate of drug-likeness (QED) is 0.236. The number of ether oxygens (including phenoxy) is 2. The first-order valence-corrected chi connectivity index (χ1v) is 13.0. The summed E-state index contributed by atoms with van der Waals surface area (Å²) in [5, 5.41) is 4.69. The third kappa shape index (κ3) is 6.38. The zero-order valence-corrected chi connectivity index (χ0v) is 23.3. The molecule has 2 amide bonds. The molecular weight excluding hydrogens is 589 g/mol. The van der Waals surface area contributed by atoms with E-state index >= 15 is 0 Å². The minimum atomic E-state index is -4.58. The number of nitrogens with zero attached hydrogens (tertiary/aromatic N) is 3. The van der Waals surface area contributed by atoms with Crippen molar-refractivity contribution in [1.82, 2.24) is 20.2 Å². The van der Waals surface area contributed by atoms with E-state index in [1.165, 1.54) is 43.4 Å². The number of rotatable bonds is 9. The van der Waals surface area contributed by atoms with Crippen molar-refractivity contribution < 1.29 is 41.0 Å². The normalized spacial score (nSPS) is 12.6. The number of carbonyl (C=O) groups excluding carboxylic acids is 2. The monoisotopic (exact) mass is 613 g/mol. The molecule has 1 aliphatic rings. The molecule has 9 nitrogen and oxygen atoms in total. The van der Waals surface area contributed by atoms with E-state index in [9.17, 15) is 31.5 Å². The second-order valence-corrected chi connectivity index (χ2v) is 9.67. The highest BCUT2D eigenvalue weighted by Crippen LogP contribution is 2.37. The molecule has 0 radical (unpaired) electrons. The maximum absolute atomic E-state index is 14.8. The Kier molecular flexibility index (Phi) is 8.34. The third-order valence-electron chi connectivity index (χ3n) is 6.75. The lowest BCUT2D eigenvalue weighted by Crippen LogP contribution is -2.33. The summed E-state index contributed by atoms with van der Waals surface area (Å²) in [5.41, 5.74) is 0.561. The van der Waals surface area contributed by atoms with Gasteiger partial charge in [0.05, 0.1) is 61.1 Å². The van der Waals surface area contributed by atoms with Gasteiger partial charge in [-0.05, 0) is 42.5 Å². The number of anilines is 2. The molecule has 0 unspecified atom stereocenters. The van der Waals surface area contributed by atoms with Crippen molar-refractivity contribution in [3.63, 3.8) is 0 Å². The fourth-order valence-electron chi connectivity index (χ4n) is 4.67. The van der Waals surface area contributed by atoms with Gasteiger partial charge in [-0.2, -0.15) is 13.2 Å². The minimum absolute atomic E-state index is 0.00762. The molecule has 3 heterocycles. The minimum Gasteiger partial charge on any atom is -0.497 e. The molecule has 0 fully saturated rings. The predicted molar refractivity (Wildman–Crippen MR) is 149 cm³/mol. The number of hydrogen-bond donors (Lipinski definition) is 2. The van der Waals surface area contributed by atoms with Gasteiger partial charge < -0.3 is 25.0 Å². The molecule has 4 aromatic rings. The summed E-state index contributed by atoms with van der Waals surface area (Å²) in [5.74, 6) is -1.99. The van der Waals surface area contributed by atoms with Crippen LogP contribution in [0.3, 0.4) is 0 Å². The molecule has 0 aliphatic carbocycles. The first kappa shape index (κ1) is 30.2. The Bertz CT molecular complexity index is 1710. The average Bonchev–Trinajstić information content (AvgIpc) is 3.30. The predicted octanol–water partition coefficient (Wildman–Crippen LogP) is 5.63. The Balaban J connectivity index is 1.48. The Labute approximate surface area is 247 Å². The van der Waals surface area contributed by atoms with Crippen LogP contribution in [0.2, 0.25) is 0 Å². The van der Waals surface area contributed by atoms with E-state index in [1.54, 1.807) is 23.5 Å². The number of alkyl halides is 3. The van der Waals surface area contributed by atoms with Gasteiger partial charge in [0.2, 0.25) is 0 Å². The average molecular weight is 614 g/mol. The SMILES string of the molecule is COc1ccc(CN2Cc3nc(-c4c(F)cccc4F)cc(Nc4ccc(C(=O)NCC(F)(F)F)cn4)c3C2=O)c(OC)c1. The second kappa shape index (κ2) is 12.1. The summed E-state index contributed by atoms with van der Waals surface area (Å²) in [4.78, 5) is 35.8. The van der Waals surface area contributed by atoms with Gasteiger partial charge in [0.1, 0.15) is 35.5 Å². The van der Waals surface area contributed by atoms with Gasteiger partial charge in [0.15, 0.2) is 0 Å². The van der Waals surface area contributed by atoms with Crippen molar-refractivity contribution in [3.05, 3.63) is 94.8 Å². The largest absolute Gasteiger partial charge is 0.497 e. The summed E-state index contributed by atoms with van der Waals surface area (Å²) in [7, 11) is 2.99. The van der Waals surface area contributed by atoms with Crippen molar-refractivity contribution in [1.29, 1.82) is 0 Å². The van der Waals surface area contributed by atoms with Crippen LogP contribution in [0, 0.1) is 11.6 Å². The van der Waals surface area contributed by atoms with Gasteiger partial charge in [-0.1, -0.05) is 6.07 Å². The standard InChI is InChI=1S/C30H24F5N5O4/c1-43-18-8-6-17(24(10-18)44-2)13-40-14-23-27(29(40)42)22(11-21(38-23)26-19(31)4-3-5-20(26)32)39-25-9-7-16(12-36-25)28(41)37-15-30(33,34)35/h3-12H,13-15H2,1-2H3,(H,37,41)(H,36,38,39). The van der Waals surface area contributed by atoms with Gasteiger partial charge in [0.25, 0.3) is 11.8 Å². The highest BCUT2D eigenvalue weighted by Gasteiger charge is 2.34. The second-order valence-electron chi connectivity index (χ2n) is 9.67. The Morgan fingerprint density at radius 3 is 2.39 bits per heavy atom. The summed E-state index contributed by atoms with van der Waals surface area (Å²) in [6, 6.07) is 12.4. The van der Waals surface area contributed by atoms with Gasteiger partial charge in [-0.3, -0.25) is 9.59 Å². The zero-order chi connectivity index (χ0) is 31.6. The highest BCUT2D eigenvalue weighted by atomic mass is 19.4. The number of hydrogen-bond acceptors (Lipinski definition) is 7. The summed E-state index contributed by atoms with van der Waals surface area (Å²) in [6.45, 7) is -1.38. The molecule has 44 heavy (non-hydrogen) atoms. The molecule has 228 valence electrons. The van der Waals surface area contributed by atoms with Gasteiger partial charge >= 0.3 is 6.18 Å². The molecule has 0 bridgehead atoms. The van der Waals surface area contributed by atoms with Crippen LogP contribution in [-0.4, -0.2) is 53.6 Å². The number of benzene rings is 2. The fraction of sp³-hybridized carbons (Fsp3) is 0.200. The van der Waals surface area contributed by atoms with Crippen LogP contribution in [0.15, 0.2) is 60.8 Å². The van der Waals surface area contributed by atoms with E-state index in [-0.39, 0.29) is 47.1 Å². The maximum Gasteiger partial charge on any atom is 0.405 e. The summed E-state index contributed by atoms with van der Waals surface area (Å²) < 4.78 is 77.6. The van der Waals surface area contributed by atoms with Crippen LogP contribution in [0.4, 0.5) is 33.5 Å². The van der Waals surface area contributed by atoms with Crippen LogP contribution < -0.4 is 20.1 Å². The summed E-state index contributed by atoms with van der Waals surface area (Å²) in [6.07, 6.45) is -3.53. The van der Waals surface area contributed by atoms with Crippen molar-refractivity contribution >= 4 is 23.3 Å². The number of nitrogens with one attached hydrogen (secondary N) is 2. The molecule has 14 heteroatoms. The molecule has 2 aromatic carbocycles. The number of halogens is 5. The Morgan fingerprint density at radius 2 is 1.75 bits per heavy atom. The van der Waals surface area contributed by atoms with Crippen molar-refractivity contribution in [2.24, 2.45) is 0 Å². The molecule has 2 aromatic heterocycles. The van der Waals surface area contributed by atoms with Crippen molar-refractivity contribution in [2.75, 3.05) is 26.1 Å². The van der Waals surface area contributed by atoms with E-state index < -0.39 is 41.7 Å². The lowest BCUT2D eigenvalue weighted by Gasteiger charge is -2.18. The van der Waals surface area contributed by atoms with Crippen LogP contribution in [-0.2, 0) is 13.1 Å². The first-order valence-electron chi connectivity index (χ1n) is 13.0. The molecule has 0 spiro atoms. The molecule has 0 saturated heterocycles. The number of carbonyl (C=O) groups is 2. The fourth-order valence-corrected chi connectivity index (χ4v) is 4.67. The molecule has 0 saturated carbocycles. The number of amides is 2. The van der Waals surface area contributed by atoms with E-state index in [4.69, 9.17) is 9.47 Å². The smallest absolute Gasteiger partial charge is 0.405 e. The van der Waals surface area contributed by atoms with Crippen molar-refractivity contribution in [3.8, 4) is 22.8 Å².